The Morgan fingerprint density at radius 2 is 2.36 bits per heavy atom. The number of aromatic nitrogens is 2. The van der Waals surface area contributed by atoms with Crippen LogP contribution in [0.25, 0.3) is 0 Å². The summed E-state index contributed by atoms with van der Waals surface area (Å²) in [5.41, 5.74) is 5.47. The Bertz CT molecular complexity index is 379. The Labute approximate surface area is 84.7 Å². The maximum Gasteiger partial charge on any atom is 0.341 e. The average molecular weight is 211 g/mol. The fourth-order valence-electron chi connectivity index (χ4n) is 1.16. The first-order valence-corrected chi connectivity index (χ1v) is 5.27. The van der Waals surface area contributed by atoms with Crippen molar-refractivity contribution < 1.29 is 9.90 Å². The smallest absolute Gasteiger partial charge is 0.341 e. The molecule has 1 aliphatic heterocycles. The molecule has 1 aliphatic rings. The van der Waals surface area contributed by atoms with Crippen molar-refractivity contribution in [2.75, 3.05) is 17.2 Å². The van der Waals surface area contributed by atoms with Crippen LogP contribution in [-0.4, -0.2) is 32.5 Å². The van der Waals surface area contributed by atoms with Gasteiger partial charge in [-0.2, -0.15) is 11.8 Å². The molecule has 0 radical (unpaired) electrons. The zero-order chi connectivity index (χ0) is 10.1. The van der Waals surface area contributed by atoms with Gasteiger partial charge in [-0.25, -0.2) is 14.8 Å². The fourth-order valence-corrected chi connectivity index (χ4v) is 1.93. The average Bonchev–Trinajstić information content (AvgIpc) is 2.00. The van der Waals surface area contributed by atoms with Crippen molar-refractivity contribution >= 4 is 23.5 Å². The van der Waals surface area contributed by atoms with Crippen LogP contribution in [0.4, 0.5) is 5.82 Å². The number of carboxylic acids is 1. The van der Waals surface area contributed by atoms with E-state index in [9.17, 15) is 4.79 Å². The molecule has 1 saturated heterocycles. The standard InChI is InChI=1S/C8H9N3O2S/c9-6-5(8(12)13)1-10-7(11-6)4-2-14-3-4/h1,4H,2-3H2,(H,12,13)(H2,9,10,11). The number of hydrogen-bond donors (Lipinski definition) is 2. The SMILES string of the molecule is Nc1nc(C2CSC2)ncc1C(=O)O. The van der Waals surface area contributed by atoms with Crippen molar-refractivity contribution in [1.82, 2.24) is 9.97 Å². The van der Waals surface area contributed by atoms with Crippen LogP contribution in [0.15, 0.2) is 6.20 Å². The van der Waals surface area contributed by atoms with Gasteiger partial charge in [0.15, 0.2) is 0 Å². The molecular formula is C8H9N3O2S. The second kappa shape index (κ2) is 3.45. The van der Waals surface area contributed by atoms with Gasteiger partial charge in [-0.3, -0.25) is 0 Å². The maximum absolute atomic E-state index is 10.6. The third-order valence-electron chi connectivity index (χ3n) is 2.07. The van der Waals surface area contributed by atoms with Gasteiger partial charge in [-0.05, 0) is 0 Å². The molecule has 2 heterocycles. The molecule has 0 unspecified atom stereocenters. The Morgan fingerprint density at radius 1 is 1.64 bits per heavy atom. The molecule has 0 atom stereocenters. The number of nitrogens with zero attached hydrogens (tertiary/aromatic N) is 2. The summed E-state index contributed by atoms with van der Waals surface area (Å²) in [5.74, 6) is 1.95. The van der Waals surface area contributed by atoms with Crippen molar-refractivity contribution in [2.45, 2.75) is 5.92 Å². The molecule has 3 N–H and O–H groups in total. The van der Waals surface area contributed by atoms with Crippen LogP contribution in [-0.2, 0) is 0 Å². The number of anilines is 1. The molecule has 6 heteroatoms. The number of nitrogens with two attached hydrogens (primary N) is 1. The first kappa shape index (κ1) is 9.26. The number of hydrogen-bond acceptors (Lipinski definition) is 5. The summed E-state index contributed by atoms with van der Waals surface area (Å²) in [6.45, 7) is 0. The Balaban J connectivity index is 2.30. The van der Waals surface area contributed by atoms with E-state index in [1.165, 1.54) is 6.20 Å². The molecule has 14 heavy (non-hydrogen) atoms. The summed E-state index contributed by atoms with van der Waals surface area (Å²) < 4.78 is 0. The lowest BCUT2D eigenvalue weighted by Gasteiger charge is -2.23. The quantitative estimate of drug-likeness (QED) is 0.744. The van der Waals surface area contributed by atoms with Crippen LogP contribution in [0, 0.1) is 0 Å². The van der Waals surface area contributed by atoms with E-state index >= 15 is 0 Å². The van der Waals surface area contributed by atoms with Crippen molar-refractivity contribution in [2.24, 2.45) is 0 Å². The monoisotopic (exact) mass is 211 g/mol. The number of carboxylic acid groups (broad SMARTS) is 1. The largest absolute Gasteiger partial charge is 0.477 e. The van der Waals surface area contributed by atoms with Crippen molar-refractivity contribution in [3.05, 3.63) is 17.6 Å². The van der Waals surface area contributed by atoms with Crippen LogP contribution in [0.3, 0.4) is 0 Å². The number of thioether (sulfide) groups is 1. The minimum absolute atomic E-state index is 0.0271. The molecule has 5 nitrogen and oxygen atoms in total. The van der Waals surface area contributed by atoms with Gasteiger partial charge in [0.05, 0.1) is 0 Å². The van der Waals surface area contributed by atoms with Gasteiger partial charge >= 0.3 is 5.97 Å². The van der Waals surface area contributed by atoms with E-state index in [4.69, 9.17) is 10.8 Å². The Kier molecular flexibility index (Phi) is 2.28. The van der Waals surface area contributed by atoms with Crippen molar-refractivity contribution in [1.29, 1.82) is 0 Å². The molecule has 1 fully saturated rings. The molecule has 2 rings (SSSR count). The lowest BCUT2D eigenvalue weighted by Crippen LogP contribution is -2.20. The zero-order valence-electron chi connectivity index (χ0n) is 7.30. The lowest BCUT2D eigenvalue weighted by molar-refractivity contribution is 0.0697. The van der Waals surface area contributed by atoms with Crippen molar-refractivity contribution in [3.8, 4) is 0 Å². The van der Waals surface area contributed by atoms with E-state index in [0.717, 1.165) is 11.5 Å². The van der Waals surface area contributed by atoms with E-state index in [1.807, 2.05) is 11.8 Å². The first-order chi connectivity index (χ1) is 6.68. The van der Waals surface area contributed by atoms with Crippen LogP contribution >= 0.6 is 11.8 Å². The molecule has 74 valence electrons. The Hall–Kier alpha value is -1.30. The highest BCUT2D eigenvalue weighted by molar-refractivity contribution is 8.00. The highest BCUT2D eigenvalue weighted by atomic mass is 32.2. The predicted octanol–water partition coefficient (Wildman–Crippen LogP) is 0.587. The van der Waals surface area contributed by atoms with Crippen molar-refractivity contribution in [3.63, 3.8) is 0 Å². The van der Waals surface area contributed by atoms with Crippen LogP contribution < -0.4 is 5.73 Å². The van der Waals surface area contributed by atoms with Crippen LogP contribution in [0.5, 0.6) is 0 Å². The number of carbonyl (C=O) groups is 1. The molecule has 0 spiro atoms. The molecule has 1 aromatic heterocycles. The minimum Gasteiger partial charge on any atom is -0.477 e. The topological polar surface area (TPSA) is 89.1 Å². The highest BCUT2D eigenvalue weighted by Crippen LogP contribution is 2.32. The number of rotatable bonds is 2. The third-order valence-corrected chi connectivity index (χ3v) is 3.35. The molecule has 1 aromatic rings. The lowest BCUT2D eigenvalue weighted by atomic mass is 10.2. The highest BCUT2D eigenvalue weighted by Gasteiger charge is 2.24. The van der Waals surface area contributed by atoms with Gasteiger partial charge < -0.3 is 10.8 Å². The second-order valence-corrected chi connectivity index (χ2v) is 4.14. The predicted molar refractivity (Wildman–Crippen MR) is 53.5 cm³/mol. The molecule has 0 aliphatic carbocycles. The van der Waals surface area contributed by atoms with Crippen LogP contribution in [0.2, 0.25) is 0 Å². The summed E-state index contributed by atoms with van der Waals surface area (Å²) in [5, 5.41) is 8.70. The van der Waals surface area contributed by atoms with Gasteiger partial charge in [0.2, 0.25) is 0 Å². The zero-order valence-corrected chi connectivity index (χ0v) is 8.12. The summed E-state index contributed by atoms with van der Waals surface area (Å²) in [7, 11) is 0. The molecule has 0 saturated carbocycles. The van der Waals surface area contributed by atoms with Gasteiger partial charge in [0.25, 0.3) is 0 Å². The third kappa shape index (κ3) is 1.52. The van der Waals surface area contributed by atoms with Gasteiger partial charge in [-0.15, -0.1) is 0 Å². The summed E-state index contributed by atoms with van der Waals surface area (Å²) in [6.07, 6.45) is 1.28. The van der Waals surface area contributed by atoms with Gasteiger partial charge in [-0.1, -0.05) is 0 Å². The van der Waals surface area contributed by atoms with E-state index in [0.29, 0.717) is 11.7 Å². The second-order valence-electron chi connectivity index (χ2n) is 3.07. The van der Waals surface area contributed by atoms with Gasteiger partial charge in [0, 0.05) is 23.6 Å². The molecular weight excluding hydrogens is 202 g/mol. The molecule has 0 bridgehead atoms. The Morgan fingerprint density at radius 3 is 2.79 bits per heavy atom. The summed E-state index contributed by atoms with van der Waals surface area (Å²) in [6, 6.07) is 0. The van der Waals surface area contributed by atoms with E-state index in [2.05, 4.69) is 9.97 Å². The summed E-state index contributed by atoms with van der Waals surface area (Å²) in [4.78, 5) is 18.6. The summed E-state index contributed by atoms with van der Waals surface area (Å²) >= 11 is 1.82. The van der Waals surface area contributed by atoms with Gasteiger partial charge in [0.1, 0.15) is 17.2 Å². The molecule has 0 amide bonds. The normalized spacial score (nSPS) is 16.3. The van der Waals surface area contributed by atoms with E-state index in [-0.39, 0.29) is 11.4 Å². The van der Waals surface area contributed by atoms with E-state index < -0.39 is 5.97 Å². The maximum atomic E-state index is 10.6. The minimum atomic E-state index is -1.09. The fraction of sp³-hybridized carbons (Fsp3) is 0.375. The first-order valence-electron chi connectivity index (χ1n) is 4.12. The van der Waals surface area contributed by atoms with E-state index in [1.54, 1.807) is 0 Å². The number of aromatic carboxylic acids is 1. The number of nitrogen functional groups attached to an aromatic ring is 1. The van der Waals surface area contributed by atoms with Crippen LogP contribution in [0.1, 0.15) is 22.1 Å². The molecule has 0 aromatic carbocycles.